The van der Waals surface area contributed by atoms with Gasteiger partial charge in [0.1, 0.15) is 6.04 Å². The first-order valence-corrected chi connectivity index (χ1v) is 5.11. The van der Waals surface area contributed by atoms with E-state index in [0.717, 1.165) is 10.0 Å². The molecule has 0 saturated heterocycles. The van der Waals surface area contributed by atoms with Crippen molar-refractivity contribution < 1.29 is 9.90 Å². The SMILES string of the molecule is Cl.N[C@@H](CCc1ccc(Br)cc1)C(=O)O. The Morgan fingerprint density at radius 1 is 1.40 bits per heavy atom. The number of carboxylic acid groups (broad SMARTS) is 1. The zero-order valence-electron chi connectivity index (χ0n) is 8.02. The lowest BCUT2D eigenvalue weighted by molar-refractivity contribution is -0.138. The van der Waals surface area contributed by atoms with Crippen molar-refractivity contribution in [2.75, 3.05) is 0 Å². The van der Waals surface area contributed by atoms with E-state index in [1.807, 2.05) is 24.3 Å². The van der Waals surface area contributed by atoms with Crippen molar-refractivity contribution in [2.45, 2.75) is 18.9 Å². The quantitative estimate of drug-likeness (QED) is 0.895. The van der Waals surface area contributed by atoms with Crippen LogP contribution in [0.3, 0.4) is 0 Å². The van der Waals surface area contributed by atoms with E-state index >= 15 is 0 Å². The van der Waals surface area contributed by atoms with Gasteiger partial charge in [0, 0.05) is 4.47 Å². The lowest BCUT2D eigenvalue weighted by atomic mass is 10.1. The van der Waals surface area contributed by atoms with E-state index in [-0.39, 0.29) is 12.4 Å². The minimum Gasteiger partial charge on any atom is -0.480 e. The Morgan fingerprint density at radius 2 is 1.93 bits per heavy atom. The van der Waals surface area contributed by atoms with Crippen LogP contribution in [0, 0.1) is 0 Å². The van der Waals surface area contributed by atoms with Gasteiger partial charge in [-0.15, -0.1) is 12.4 Å². The van der Waals surface area contributed by atoms with Gasteiger partial charge in [-0.3, -0.25) is 4.79 Å². The minimum absolute atomic E-state index is 0. The van der Waals surface area contributed by atoms with Crippen LogP contribution in [0.15, 0.2) is 28.7 Å². The maximum atomic E-state index is 10.4. The lowest BCUT2D eigenvalue weighted by Crippen LogP contribution is -2.30. The highest BCUT2D eigenvalue weighted by Gasteiger charge is 2.10. The van der Waals surface area contributed by atoms with Gasteiger partial charge in [0.2, 0.25) is 0 Å². The second kappa shape index (κ2) is 6.82. The first-order chi connectivity index (χ1) is 6.59. The lowest BCUT2D eigenvalue weighted by Gasteiger charge is -2.05. The normalized spacial score (nSPS) is 11.6. The Morgan fingerprint density at radius 3 is 2.40 bits per heavy atom. The third kappa shape index (κ3) is 5.16. The van der Waals surface area contributed by atoms with E-state index in [1.54, 1.807) is 0 Å². The van der Waals surface area contributed by atoms with Gasteiger partial charge < -0.3 is 10.8 Å². The molecule has 0 bridgehead atoms. The molecule has 0 aliphatic rings. The van der Waals surface area contributed by atoms with Crippen molar-refractivity contribution in [1.29, 1.82) is 0 Å². The number of hydrogen-bond donors (Lipinski definition) is 2. The van der Waals surface area contributed by atoms with Gasteiger partial charge in [0.25, 0.3) is 0 Å². The molecule has 1 atom stereocenters. The van der Waals surface area contributed by atoms with Gasteiger partial charge in [-0.1, -0.05) is 28.1 Å². The molecule has 15 heavy (non-hydrogen) atoms. The summed E-state index contributed by atoms with van der Waals surface area (Å²) < 4.78 is 1.02. The molecule has 0 heterocycles. The van der Waals surface area contributed by atoms with Crippen molar-refractivity contribution in [3.05, 3.63) is 34.3 Å². The summed E-state index contributed by atoms with van der Waals surface area (Å²) in [6.07, 6.45) is 1.16. The number of carboxylic acids is 1. The number of aryl methyl sites for hydroxylation is 1. The van der Waals surface area contributed by atoms with Crippen LogP contribution >= 0.6 is 28.3 Å². The topological polar surface area (TPSA) is 63.3 Å². The minimum atomic E-state index is -0.942. The summed E-state index contributed by atoms with van der Waals surface area (Å²) in [6, 6.07) is 7.01. The molecular formula is C10H13BrClNO2. The molecular weight excluding hydrogens is 281 g/mol. The molecule has 5 heteroatoms. The van der Waals surface area contributed by atoms with Crippen LogP contribution in [0.25, 0.3) is 0 Å². The summed E-state index contributed by atoms with van der Waals surface area (Å²) in [5, 5.41) is 8.57. The summed E-state index contributed by atoms with van der Waals surface area (Å²) in [4.78, 5) is 10.4. The van der Waals surface area contributed by atoms with Gasteiger partial charge in [0.05, 0.1) is 0 Å². The monoisotopic (exact) mass is 293 g/mol. The average molecular weight is 295 g/mol. The van der Waals surface area contributed by atoms with E-state index in [0.29, 0.717) is 12.8 Å². The summed E-state index contributed by atoms with van der Waals surface area (Å²) >= 11 is 3.33. The molecule has 0 unspecified atom stereocenters. The van der Waals surface area contributed by atoms with Gasteiger partial charge in [0.15, 0.2) is 0 Å². The van der Waals surface area contributed by atoms with Gasteiger partial charge in [-0.2, -0.15) is 0 Å². The third-order valence-corrected chi connectivity index (χ3v) is 2.50. The van der Waals surface area contributed by atoms with E-state index in [1.165, 1.54) is 0 Å². The highest BCUT2D eigenvalue weighted by Crippen LogP contribution is 2.12. The van der Waals surface area contributed by atoms with Crippen LogP contribution in [-0.2, 0) is 11.2 Å². The highest BCUT2D eigenvalue weighted by molar-refractivity contribution is 9.10. The van der Waals surface area contributed by atoms with Crippen LogP contribution in [0.1, 0.15) is 12.0 Å². The van der Waals surface area contributed by atoms with Crippen molar-refractivity contribution in [3.8, 4) is 0 Å². The molecule has 0 radical (unpaired) electrons. The van der Waals surface area contributed by atoms with Gasteiger partial charge >= 0.3 is 5.97 Å². The summed E-state index contributed by atoms with van der Waals surface area (Å²) in [5.41, 5.74) is 6.49. The summed E-state index contributed by atoms with van der Waals surface area (Å²) in [6.45, 7) is 0. The molecule has 0 aliphatic carbocycles. The van der Waals surface area contributed by atoms with E-state index < -0.39 is 12.0 Å². The zero-order chi connectivity index (χ0) is 10.6. The summed E-state index contributed by atoms with van der Waals surface area (Å²) in [7, 11) is 0. The molecule has 1 aromatic rings. The van der Waals surface area contributed by atoms with E-state index in [9.17, 15) is 4.79 Å². The zero-order valence-corrected chi connectivity index (χ0v) is 10.4. The van der Waals surface area contributed by atoms with Crippen LogP contribution < -0.4 is 5.73 Å². The predicted octanol–water partition coefficient (Wildman–Crippen LogP) is 2.22. The first-order valence-electron chi connectivity index (χ1n) is 4.32. The number of hydrogen-bond acceptors (Lipinski definition) is 2. The van der Waals surface area contributed by atoms with Gasteiger partial charge in [-0.25, -0.2) is 0 Å². The largest absolute Gasteiger partial charge is 0.480 e. The molecule has 1 aromatic carbocycles. The number of aliphatic carboxylic acids is 1. The fourth-order valence-corrected chi connectivity index (χ4v) is 1.36. The smallest absolute Gasteiger partial charge is 0.320 e. The van der Waals surface area contributed by atoms with Crippen molar-refractivity contribution in [2.24, 2.45) is 5.73 Å². The Balaban J connectivity index is 0.00000196. The fourth-order valence-electron chi connectivity index (χ4n) is 1.10. The van der Waals surface area contributed by atoms with Gasteiger partial charge in [-0.05, 0) is 30.5 Å². The standard InChI is InChI=1S/C10H12BrNO2.ClH/c11-8-4-1-7(2-5-8)3-6-9(12)10(13)14;/h1-2,4-5,9H,3,6,12H2,(H,13,14);1H/t9-;/m0./s1. The van der Waals surface area contributed by atoms with E-state index in [2.05, 4.69) is 15.9 Å². The molecule has 84 valence electrons. The molecule has 0 aromatic heterocycles. The Hall–Kier alpha value is -0.580. The van der Waals surface area contributed by atoms with Crippen LogP contribution in [0.4, 0.5) is 0 Å². The van der Waals surface area contributed by atoms with Crippen LogP contribution in [-0.4, -0.2) is 17.1 Å². The van der Waals surface area contributed by atoms with Crippen LogP contribution in [0.5, 0.6) is 0 Å². The molecule has 0 spiro atoms. The summed E-state index contributed by atoms with van der Waals surface area (Å²) in [5.74, 6) is -0.942. The van der Waals surface area contributed by atoms with Crippen molar-refractivity contribution >= 4 is 34.3 Å². The number of rotatable bonds is 4. The average Bonchev–Trinajstić information content (AvgIpc) is 2.16. The van der Waals surface area contributed by atoms with E-state index in [4.69, 9.17) is 10.8 Å². The molecule has 3 nitrogen and oxygen atoms in total. The van der Waals surface area contributed by atoms with Crippen LogP contribution in [0.2, 0.25) is 0 Å². The molecule has 1 rings (SSSR count). The maximum absolute atomic E-state index is 10.4. The molecule has 0 amide bonds. The Labute approximate surface area is 103 Å². The van der Waals surface area contributed by atoms with Crippen molar-refractivity contribution in [1.82, 2.24) is 0 Å². The molecule has 0 fully saturated rings. The molecule has 0 saturated carbocycles. The Kier molecular flexibility index (Phi) is 6.56. The second-order valence-electron chi connectivity index (χ2n) is 3.11. The highest BCUT2D eigenvalue weighted by atomic mass is 79.9. The third-order valence-electron chi connectivity index (χ3n) is 1.97. The number of halogens is 2. The maximum Gasteiger partial charge on any atom is 0.320 e. The fraction of sp³-hybridized carbons (Fsp3) is 0.300. The molecule has 3 N–H and O–H groups in total. The van der Waals surface area contributed by atoms with Crippen molar-refractivity contribution in [3.63, 3.8) is 0 Å². The first kappa shape index (κ1) is 14.4. The number of nitrogens with two attached hydrogens (primary N) is 1. The second-order valence-corrected chi connectivity index (χ2v) is 4.03. The predicted molar refractivity (Wildman–Crippen MR) is 65.3 cm³/mol. The Bertz CT molecular complexity index is 316. The number of benzene rings is 1. The molecule has 0 aliphatic heterocycles. The number of carbonyl (C=O) groups is 1.